The lowest BCUT2D eigenvalue weighted by Gasteiger charge is -2.34. The Labute approximate surface area is 142 Å². The second-order valence-electron chi connectivity index (χ2n) is 4.37. The van der Waals surface area contributed by atoms with Gasteiger partial charge in [0.2, 0.25) is 0 Å². The predicted octanol–water partition coefficient (Wildman–Crippen LogP) is 3.70. The van der Waals surface area contributed by atoms with E-state index < -0.39 is 0 Å². The molecule has 112 valence electrons. The summed E-state index contributed by atoms with van der Waals surface area (Å²) in [4.78, 5) is 2.31. The number of halogens is 4. The van der Waals surface area contributed by atoms with E-state index in [4.69, 9.17) is 28.5 Å². The van der Waals surface area contributed by atoms with Crippen LogP contribution in [0.4, 0.5) is 0 Å². The third-order valence-corrected chi connectivity index (χ3v) is 3.58. The Hall–Kier alpha value is -0.210. The van der Waals surface area contributed by atoms with Crippen LogP contribution in [0, 0.1) is 11.3 Å². The first-order valence-electron chi connectivity index (χ1n) is 5.98. The number of hydrogen-bond donors (Lipinski definition) is 1. The number of rotatable bonds is 3. The summed E-state index contributed by atoms with van der Waals surface area (Å²) < 4.78 is 0. The normalized spacial score (nSPS) is 16.4. The Bertz CT molecular complexity index is 435. The average Bonchev–Trinajstić information content (AvgIpc) is 2.36. The predicted molar refractivity (Wildman–Crippen MR) is 88.4 cm³/mol. The smallest absolute Gasteiger partial charge is 0.0641 e. The van der Waals surface area contributed by atoms with Gasteiger partial charge in [0, 0.05) is 42.3 Å². The molecule has 0 aromatic heterocycles. The zero-order chi connectivity index (χ0) is 13.0. The fourth-order valence-corrected chi connectivity index (χ4v) is 2.85. The van der Waals surface area contributed by atoms with Crippen molar-refractivity contribution >= 4 is 48.0 Å². The lowest BCUT2D eigenvalue weighted by atomic mass is 10.0. The lowest BCUT2D eigenvalue weighted by molar-refractivity contribution is 0.175. The van der Waals surface area contributed by atoms with Crippen molar-refractivity contribution in [2.75, 3.05) is 26.2 Å². The average molecular weight is 357 g/mol. The van der Waals surface area contributed by atoms with Crippen LogP contribution in [0.3, 0.4) is 0 Å². The summed E-state index contributed by atoms with van der Waals surface area (Å²) in [5.74, 6) is 0. The molecule has 1 heterocycles. The van der Waals surface area contributed by atoms with Gasteiger partial charge in [-0.25, -0.2) is 0 Å². The monoisotopic (exact) mass is 355 g/mol. The molecule has 2 rings (SSSR count). The highest BCUT2D eigenvalue weighted by Gasteiger charge is 2.22. The van der Waals surface area contributed by atoms with E-state index >= 15 is 0 Å². The van der Waals surface area contributed by atoms with Crippen molar-refractivity contribution in [2.45, 2.75) is 12.5 Å². The van der Waals surface area contributed by atoms with E-state index in [2.05, 4.69) is 16.3 Å². The number of nitrogens with one attached hydrogen (secondary N) is 1. The van der Waals surface area contributed by atoms with E-state index in [1.54, 1.807) is 6.07 Å². The maximum Gasteiger partial charge on any atom is 0.0641 e. The molecule has 1 saturated heterocycles. The molecule has 1 N–H and O–H groups in total. The van der Waals surface area contributed by atoms with Gasteiger partial charge in [0.05, 0.1) is 12.5 Å². The summed E-state index contributed by atoms with van der Waals surface area (Å²) >= 11 is 12.1. The molecule has 1 fully saturated rings. The van der Waals surface area contributed by atoms with Gasteiger partial charge in [0.25, 0.3) is 0 Å². The standard InChI is InChI=1S/C13H15Cl2N3.2ClH/c14-11-7-10(8-12(15)9-11)13(1-2-16)18-5-3-17-4-6-18;;/h7-9,13,17H,1,3-6H2;2*1H/t13-;;/m0../s1. The molecule has 0 unspecified atom stereocenters. The Morgan fingerprint density at radius 2 is 1.70 bits per heavy atom. The van der Waals surface area contributed by atoms with Crippen LogP contribution < -0.4 is 5.32 Å². The van der Waals surface area contributed by atoms with Crippen molar-refractivity contribution in [3.05, 3.63) is 33.8 Å². The molecule has 1 aromatic rings. The first-order chi connectivity index (χ1) is 8.70. The molecule has 0 aliphatic carbocycles. The van der Waals surface area contributed by atoms with Gasteiger partial charge in [0.15, 0.2) is 0 Å². The van der Waals surface area contributed by atoms with Gasteiger partial charge in [-0.3, -0.25) is 4.90 Å². The number of piperazine rings is 1. The molecule has 20 heavy (non-hydrogen) atoms. The van der Waals surface area contributed by atoms with Gasteiger partial charge in [-0.1, -0.05) is 23.2 Å². The molecule has 0 spiro atoms. The summed E-state index contributed by atoms with van der Waals surface area (Å²) in [7, 11) is 0. The van der Waals surface area contributed by atoms with Crippen LogP contribution >= 0.6 is 48.0 Å². The molecule has 3 nitrogen and oxygen atoms in total. The molecule has 1 aromatic carbocycles. The van der Waals surface area contributed by atoms with E-state index in [-0.39, 0.29) is 30.9 Å². The summed E-state index contributed by atoms with van der Waals surface area (Å²) in [6.07, 6.45) is 0.455. The highest BCUT2D eigenvalue weighted by Crippen LogP contribution is 2.29. The maximum absolute atomic E-state index is 9.01. The Morgan fingerprint density at radius 1 is 1.15 bits per heavy atom. The maximum atomic E-state index is 9.01. The van der Waals surface area contributed by atoms with Crippen molar-refractivity contribution in [3.63, 3.8) is 0 Å². The van der Waals surface area contributed by atoms with Crippen molar-refractivity contribution in [2.24, 2.45) is 0 Å². The van der Waals surface area contributed by atoms with E-state index in [9.17, 15) is 0 Å². The lowest BCUT2D eigenvalue weighted by Crippen LogP contribution is -2.45. The first kappa shape index (κ1) is 19.8. The molecule has 0 bridgehead atoms. The van der Waals surface area contributed by atoms with Gasteiger partial charge in [0.1, 0.15) is 0 Å². The molecular formula is C13H17Cl4N3. The number of nitrogens with zero attached hydrogens (tertiary/aromatic N) is 2. The van der Waals surface area contributed by atoms with E-state index in [1.165, 1.54) is 0 Å². The van der Waals surface area contributed by atoms with Crippen LogP contribution in [-0.4, -0.2) is 31.1 Å². The van der Waals surface area contributed by atoms with Gasteiger partial charge in [-0.2, -0.15) is 5.26 Å². The van der Waals surface area contributed by atoms with Crippen LogP contribution in [0.1, 0.15) is 18.0 Å². The minimum Gasteiger partial charge on any atom is -0.314 e. The molecule has 0 radical (unpaired) electrons. The second kappa shape index (κ2) is 9.68. The minimum atomic E-state index is 0. The quantitative estimate of drug-likeness (QED) is 0.897. The zero-order valence-corrected chi connectivity index (χ0v) is 14.0. The summed E-state index contributed by atoms with van der Waals surface area (Å²) in [5, 5.41) is 13.6. The molecular weight excluding hydrogens is 340 g/mol. The van der Waals surface area contributed by atoms with E-state index in [1.807, 2.05) is 12.1 Å². The largest absolute Gasteiger partial charge is 0.314 e. The van der Waals surface area contributed by atoms with Gasteiger partial charge in [-0.05, 0) is 23.8 Å². The van der Waals surface area contributed by atoms with Crippen LogP contribution in [0.25, 0.3) is 0 Å². The molecule has 7 heteroatoms. The Balaban J connectivity index is 0.00000180. The SMILES string of the molecule is Cl.Cl.N#CC[C@@H](c1cc(Cl)cc(Cl)c1)N1CCNCC1. The van der Waals surface area contributed by atoms with Crippen LogP contribution in [0.2, 0.25) is 10.0 Å². The molecule has 0 amide bonds. The second-order valence-corrected chi connectivity index (χ2v) is 5.24. The zero-order valence-electron chi connectivity index (χ0n) is 10.8. The molecule has 0 saturated carbocycles. The van der Waals surface area contributed by atoms with Crippen LogP contribution in [-0.2, 0) is 0 Å². The molecule has 1 aliphatic heterocycles. The van der Waals surface area contributed by atoms with E-state index in [0.717, 1.165) is 31.7 Å². The van der Waals surface area contributed by atoms with Crippen molar-refractivity contribution in [1.82, 2.24) is 10.2 Å². The third kappa shape index (κ3) is 5.29. The van der Waals surface area contributed by atoms with Crippen LogP contribution in [0.5, 0.6) is 0 Å². The van der Waals surface area contributed by atoms with Crippen LogP contribution in [0.15, 0.2) is 18.2 Å². The van der Waals surface area contributed by atoms with Gasteiger partial charge >= 0.3 is 0 Å². The molecule has 1 atom stereocenters. The number of hydrogen-bond acceptors (Lipinski definition) is 3. The number of nitriles is 1. The van der Waals surface area contributed by atoms with E-state index in [0.29, 0.717) is 16.5 Å². The fraction of sp³-hybridized carbons (Fsp3) is 0.462. The Morgan fingerprint density at radius 3 is 2.20 bits per heavy atom. The first-order valence-corrected chi connectivity index (χ1v) is 6.74. The highest BCUT2D eigenvalue weighted by molar-refractivity contribution is 6.34. The number of benzene rings is 1. The fourth-order valence-electron chi connectivity index (χ4n) is 2.31. The summed E-state index contributed by atoms with van der Waals surface area (Å²) in [6.45, 7) is 3.79. The van der Waals surface area contributed by atoms with Crippen molar-refractivity contribution < 1.29 is 0 Å². The van der Waals surface area contributed by atoms with Crippen molar-refractivity contribution in [3.8, 4) is 6.07 Å². The van der Waals surface area contributed by atoms with Gasteiger partial charge < -0.3 is 5.32 Å². The molecule has 1 aliphatic rings. The summed E-state index contributed by atoms with van der Waals surface area (Å²) in [6, 6.07) is 7.85. The minimum absolute atomic E-state index is 0. The topological polar surface area (TPSA) is 39.1 Å². The summed E-state index contributed by atoms with van der Waals surface area (Å²) in [5.41, 5.74) is 1.02. The Kier molecular flexibility index (Phi) is 9.58. The van der Waals surface area contributed by atoms with Gasteiger partial charge in [-0.15, -0.1) is 24.8 Å². The van der Waals surface area contributed by atoms with Crippen molar-refractivity contribution in [1.29, 1.82) is 5.26 Å². The third-order valence-electron chi connectivity index (χ3n) is 3.15. The highest BCUT2D eigenvalue weighted by atomic mass is 35.5.